The molecule has 3 rings (SSSR count). The molecule has 0 aliphatic carbocycles. The molecule has 1 saturated heterocycles. The van der Waals surface area contributed by atoms with Crippen molar-refractivity contribution < 1.29 is 14.3 Å². The summed E-state index contributed by atoms with van der Waals surface area (Å²) in [5.74, 6) is 1.72. The number of methoxy groups -OCH3 is 2. The first kappa shape index (κ1) is 19.9. The van der Waals surface area contributed by atoms with Gasteiger partial charge in [0.05, 0.1) is 19.9 Å². The van der Waals surface area contributed by atoms with E-state index >= 15 is 0 Å². The van der Waals surface area contributed by atoms with Crippen LogP contribution in [0.25, 0.3) is 0 Å². The van der Waals surface area contributed by atoms with Gasteiger partial charge in [-0.15, -0.1) is 0 Å². The van der Waals surface area contributed by atoms with Gasteiger partial charge in [-0.25, -0.2) is 4.79 Å². The van der Waals surface area contributed by atoms with E-state index in [1.165, 1.54) is 11.1 Å². The number of piperazine rings is 1. The number of hydrogen-bond donors (Lipinski definition) is 1. The number of ether oxygens (including phenoxy) is 2. The van der Waals surface area contributed by atoms with E-state index in [0.29, 0.717) is 19.6 Å². The maximum Gasteiger partial charge on any atom is 0.317 e. The van der Waals surface area contributed by atoms with E-state index in [0.717, 1.165) is 36.7 Å². The fourth-order valence-electron chi connectivity index (χ4n) is 3.42. The summed E-state index contributed by atoms with van der Waals surface area (Å²) in [6, 6.07) is 14.1. The van der Waals surface area contributed by atoms with E-state index in [-0.39, 0.29) is 6.03 Å². The molecule has 0 radical (unpaired) electrons. The van der Waals surface area contributed by atoms with Gasteiger partial charge < -0.3 is 24.6 Å². The molecule has 0 atom stereocenters. The minimum atomic E-state index is 0.00405. The van der Waals surface area contributed by atoms with Gasteiger partial charge in [-0.2, -0.15) is 0 Å². The summed E-state index contributed by atoms with van der Waals surface area (Å²) in [5.41, 5.74) is 3.48. The number of hydrogen-bond acceptors (Lipinski definition) is 4. The fraction of sp³-hybridized carbons (Fsp3) is 0.409. The number of anilines is 1. The van der Waals surface area contributed by atoms with Crippen LogP contribution in [0.4, 0.5) is 10.5 Å². The smallest absolute Gasteiger partial charge is 0.317 e. The summed E-state index contributed by atoms with van der Waals surface area (Å²) in [5, 5.41) is 3.03. The van der Waals surface area contributed by atoms with Crippen molar-refractivity contribution in [3.05, 3.63) is 53.6 Å². The molecule has 150 valence electrons. The zero-order chi connectivity index (χ0) is 19.9. The van der Waals surface area contributed by atoms with Crippen LogP contribution in [0.2, 0.25) is 0 Å². The molecule has 2 aromatic rings. The lowest BCUT2D eigenvalue weighted by molar-refractivity contribution is 0.194. The van der Waals surface area contributed by atoms with E-state index in [1.54, 1.807) is 14.2 Å². The van der Waals surface area contributed by atoms with Crippen LogP contribution < -0.4 is 19.7 Å². The molecule has 1 heterocycles. The normalized spacial score (nSPS) is 14.0. The topological polar surface area (TPSA) is 54.0 Å². The number of amides is 2. The van der Waals surface area contributed by atoms with Gasteiger partial charge in [-0.05, 0) is 48.7 Å². The minimum Gasteiger partial charge on any atom is -0.497 e. The average Bonchev–Trinajstić information content (AvgIpc) is 2.74. The number of benzene rings is 2. The van der Waals surface area contributed by atoms with Gasteiger partial charge in [0.15, 0.2) is 0 Å². The Hall–Kier alpha value is -2.89. The van der Waals surface area contributed by atoms with Crippen LogP contribution in [0.5, 0.6) is 11.5 Å². The van der Waals surface area contributed by atoms with Gasteiger partial charge in [-0.1, -0.05) is 18.2 Å². The fourth-order valence-corrected chi connectivity index (χ4v) is 3.42. The summed E-state index contributed by atoms with van der Waals surface area (Å²) < 4.78 is 10.7. The highest BCUT2D eigenvalue weighted by Gasteiger charge is 2.22. The second kappa shape index (κ2) is 9.35. The molecule has 1 N–H and O–H groups in total. The lowest BCUT2D eigenvalue weighted by Crippen LogP contribution is -2.52. The second-order valence-electron chi connectivity index (χ2n) is 6.98. The first-order valence-electron chi connectivity index (χ1n) is 9.66. The van der Waals surface area contributed by atoms with Crippen LogP contribution in [0.1, 0.15) is 11.1 Å². The molecule has 0 unspecified atom stereocenters. The first-order valence-corrected chi connectivity index (χ1v) is 9.66. The zero-order valence-electron chi connectivity index (χ0n) is 16.9. The van der Waals surface area contributed by atoms with Crippen molar-refractivity contribution in [2.45, 2.75) is 13.3 Å². The molecule has 1 aliphatic heterocycles. The predicted octanol–water partition coefficient (Wildman–Crippen LogP) is 3.09. The highest BCUT2D eigenvalue weighted by atomic mass is 16.5. The Bertz CT molecular complexity index is 784. The van der Waals surface area contributed by atoms with Crippen molar-refractivity contribution in [2.24, 2.45) is 0 Å². The minimum absolute atomic E-state index is 0.00405. The van der Waals surface area contributed by atoms with Gasteiger partial charge in [-0.3, -0.25) is 0 Å². The standard InChI is InChI=1S/C22H29N3O3/c1-17-4-9-21(28-3)20(16-17)24-12-14-25(15-13-24)22(26)23-11-10-18-5-7-19(27-2)8-6-18/h4-9,16H,10-15H2,1-3H3,(H,23,26). The molecule has 0 saturated carbocycles. The summed E-state index contributed by atoms with van der Waals surface area (Å²) in [6.45, 7) is 5.70. The monoisotopic (exact) mass is 383 g/mol. The number of aryl methyl sites for hydroxylation is 1. The molecule has 1 aliphatic rings. The highest BCUT2D eigenvalue weighted by Crippen LogP contribution is 2.30. The maximum atomic E-state index is 12.5. The number of rotatable bonds is 6. The predicted molar refractivity (Wildman–Crippen MR) is 112 cm³/mol. The molecule has 0 spiro atoms. The second-order valence-corrected chi connectivity index (χ2v) is 6.98. The summed E-state index contributed by atoms with van der Waals surface area (Å²) in [4.78, 5) is 16.6. The maximum absolute atomic E-state index is 12.5. The number of carbonyl (C=O) groups excluding carboxylic acids is 1. The van der Waals surface area contributed by atoms with Gasteiger partial charge >= 0.3 is 6.03 Å². The van der Waals surface area contributed by atoms with Crippen LogP contribution in [0, 0.1) is 6.92 Å². The Labute approximate surface area is 167 Å². The molecule has 1 fully saturated rings. The first-order chi connectivity index (χ1) is 13.6. The van der Waals surface area contributed by atoms with E-state index in [4.69, 9.17) is 9.47 Å². The van der Waals surface area contributed by atoms with Crippen LogP contribution in [0.15, 0.2) is 42.5 Å². The molecule has 2 aromatic carbocycles. The van der Waals surface area contributed by atoms with E-state index in [2.05, 4.69) is 29.3 Å². The lowest BCUT2D eigenvalue weighted by Gasteiger charge is -2.36. The van der Waals surface area contributed by atoms with Crippen molar-refractivity contribution in [3.8, 4) is 11.5 Å². The van der Waals surface area contributed by atoms with Crippen molar-refractivity contribution in [2.75, 3.05) is 51.8 Å². The SMILES string of the molecule is COc1ccc(CCNC(=O)N2CCN(c3cc(C)ccc3OC)CC2)cc1. The number of nitrogens with zero attached hydrogens (tertiary/aromatic N) is 2. The molecular weight excluding hydrogens is 354 g/mol. The molecule has 28 heavy (non-hydrogen) atoms. The lowest BCUT2D eigenvalue weighted by atomic mass is 10.1. The molecule has 6 nitrogen and oxygen atoms in total. The van der Waals surface area contributed by atoms with E-state index in [9.17, 15) is 4.79 Å². The van der Waals surface area contributed by atoms with E-state index < -0.39 is 0 Å². The average molecular weight is 383 g/mol. The molecule has 0 bridgehead atoms. The van der Waals surface area contributed by atoms with Crippen molar-refractivity contribution in [3.63, 3.8) is 0 Å². The van der Waals surface area contributed by atoms with Crippen LogP contribution in [-0.2, 0) is 6.42 Å². The largest absolute Gasteiger partial charge is 0.497 e. The Morgan fingerprint density at radius 3 is 2.36 bits per heavy atom. The third-order valence-electron chi connectivity index (χ3n) is 5.09. The van der Waals surface area contributed by atoms with Gasteiger partial charge in [0.1, 0.15) is 11.5 Å². The van der Waals surface area contributed by atoms with Crippen molar-refractivity contribution >= 4 is 11.7 Å². The summed E-state index contributed by atoms with van der Waals surface area (Å²) in [7, 11) is 3.35. The highest BCUT2D eigenvalue weighted by molar-refractivity contribution is 5.74. The van der Waals surface area contributed by atoms with Gasteiger partial charge in [0, 0.05) is 32.7 Å². The molecule has 6 heteroatoms. The van der Waals surface area contributed by atoms with Crippen LogP contribution in [-0.4, -0.2) is 57.9 Å². The third-order valence-corrected chi connectivity index (χ3v) is 5.09. The molecule has 0 aromatic heterocycles. The number of nitrogens with one attached hydrogen (secondary N) is 1. The quantitative estimate of drug-likeness (QED) is 0.833. The summed E-state index contributed by atoms with van der Waals surface area (Å²) >= 11 is 0. The van der Waals surface area contributed by atoms with Crippen LogP contribution in [0.3, 0.4) is 0 Å². The van der Waals surface area contributed by atoms with Crippen molar-refractivity contribution in [1.29, 1.82) is 0 Å². The third kappa shape index (κ3) is 4.88. The molecular formula is C22H29N3O3. The number of carbonyl (C=O) groups is 1. The van der Waals surface area contributed by atoms with Crippen molar-refractivity contribution in [1.82, 2.24) is 10.2 Å². The van der Waals surface area contributed by atoms with Gasteiger partial charge in [0.2, 0.25) is 0 Å². The number of urea groups is 1. The Balaban J connectivity index is 1.46. The van der Waals surface area contributed by atoms with Gasteiger partial charge in [0.25, 0.3) is 0 Å². The Morgan fingerprint density at radius 2 is 1.71 bits per heavy atom. The zero-order valence-corrected chi connectivity index (χ0v) is 16.9. The van der Waals surface area contributed by atoms with Crippen LogP contribution >= 0.6 is 0 Å². The van der Waals surface area contributed by atoms with E-state index in [1.807, 2.05) is 35.2 Å². The molecule has 2 amide bonds. The Kier molecular flexibility index (Phi) is 6.63. The Morgan fingerprint density at radius 1 is 1.00 bits per heavy atom. The summed E-state index contributed by atoms with van der Waals surface area (Å²) in [6.07, 6.45) is 0.802.